The third-order valence-electron chi connectivity index (χ3n) is 3.10. The predicted octanol–water partition coefficient (Wildman–Crippen LogP) is 0.820. The zero-order valence-electron chi connectivity index (χ0n) is 11.5. The minimum atomic E-state index is -0.385. The Bertz CT molecular complexity index is 661. The number of nitrogens with two attached hydrogens (primary N) is 1. The molecule has 1 aromatic heterocycles. The lowest BCUT2D eigenvalue weighted by atomic mass is 10.1. The van der Waals surface area contributed by atoms with Crippen LogP contribution in [-0.2, 0) is 16.0 Å². The van der Waals surface area contributed by atoms with E-state index in [1.165, 1.54) is 18.7 Å². The number of benzene rings is 1. The van der Waals surface area contributed by atoms with Crippen LogP contribution in [0.15, 0.2) is 24.4 Å². The largest absolute Gasteiger partial charge is 0.465 e. The van der Waals surface area contributed by atoms with Crippen molar-refractivity contribution in [2.75, 3.05) is 19.5 Å². The van der Waals surface area contributed by atoms with Crippen LogP contribution < -0.4 is 11.2 Å². The summed E-state index contributed by atoms with van der Waals surface area (Å²) in [5.74, 6) is 5.42. The van der Waals surface area contributed by atoms with Gasteiger partial charge in [0.15, 0.2) is 0 Å². The van der Waals surface area contributed by atoms with Gasteiger partial charge in [0.2, 0.25) is 5.91 Å². The van der Waals surface area contributed by atoms with Crippen LogP contribution in [0.3, 0.4) is 0 Å². The Morgan fingerprint density at radius 1 is 1.40 bits per heavy atom. The van der Waals surface area contributed by atoms with Crippen molar-refractivity contribution in [2.24, 2.45) is 0 Å². The number of aromatic nitrogens is 1. The summed E-state index contributed by atoms with van der Waals surface area (Å²) in [4.78, 5) is 22.4. The van der Waals surface area contributed by atoms with Crippen molar-refractivity contribution in [1.82, 2.24) is 9.99 Å². The van der Waals surface area contributed by atoms with Crippen LogP contribution in [0.5, 0.6) is 0 Å². The number of esters is 1. The predicted molar refractivity (Wildman–Crippen MR) is 75.8 cm³/mol. The fourth-order valence-corrected chi connectivity index (χ4v) is 2.14. The molecule has 0 radical (unpaired) electrons. The van der Waals surface area contributed by atoms with Crippen molar-refractivity contribution >= 4 is 22.8 Å². The van der Waals surface area contributed by atoms with Crippen LogP contribution in [0.25, 0.3) is 10.9 Å². The molecule has 0 saturated carbocycles. The smallest absolute Gasteiger partial charge is 0.337 e. The van der Waals surface area contributed by atoms with E-state index >= 15 is 0 Å². The molecule has 0 fully saturated rings. The Hall–Kier alpha value is -2.50. The fourth-order valence-electron chi connectivity index (χ4n) is 2.14. The molecular formula is C14H17N3O3. The summed E-state index contributed by atoms with van der Waals surface area (Å²) in [6, 6.07) is 5.21. The van der Waals surface area contributed by atoms with Crippen molar-refractivity contribution in [3.63, 3.8) is 0 Å². The molecule has 6 heteroatoms. The molecule has 2 rings (SSSR count). The van der Waals surface area contributed by atoms with Gasteiger partial charge in [0, 0.05) is 25.1 Å². The van der Waals surface area contributed by atoms with Crippen molar-refractivity contribution < 1.29 is 14.3 Å². The maximum atomic E-state index is 11.6. The highest BCUT2D eigenvalue weighted by atomic mass is 16.5. The Morgan fingerprint density at radius 3 is 2.80 bits per heavy atom. The number of nitrogens with one attached hydrogen (secondary N) is 1. The number of hydrogen-bond donors (Lipinski definition) is 2. The molecule has 2 aromatic rings. The van der Waals surface area contributed by atoms with Crippen molar-refractivity contribution in [1.29, 1.82) is 0 Å². The van der Waals surface area contributed by atoms with E-state index in [9.17, 15) is 9.59 Å². The molecule has 0 aliphatic heterocycles. The first kappa shape index (κ1) is 13.9. The van der Waals surface area contributed by atoms with Crippen LogP contribution in [0, 0.1) is 0 Å². The number of carbonyl (C=O) groups is 2. The van der Waals surface area contributed by atoms with Crippen molar-refractivity contribution in [2.45, 2.75) is 13.3 Å². The van der Waals surface area contributed by atoms with Gasteiger partial charge in [-0.3, -0.25) is 9.47 Å². The molecule has 0 spiro atoms. The molecule has 1 amide bonds. The molecule has 1 heterocycles. The number of nitrogens with zero attached hydrogens (tertiary/aromatic N) is 1. The quantitative estimate of drug-likeness (QED) is 0.639. The number of methoxy groups -OCH3 is 1. The van der Waals surface area contributed by atoms with Gasteiger partial charge >= 0.3 is 5.97 Å². The third kappa shape index (κ3) is 2.74. The lowest BCUT2D eigenvalue weighted by molar-refractivity contribution is -0.118. The van der Waals surface area contributed by atoms with Crippen LogP contribution in [0.1, 0.15) is 22.8 Å². The summed E-state index contributed by atoms with van der Waals surface area (Å²) >= 11 is 0. The third-order valence-corrected chi connectivity index (χ3v) is 3.10. The second kappa shape index (κ2) is 5.64. The molecule has 106 valence electrons. The minimum Gasteiger partial charge on any atom is -0.465 e. The first-order valence-electron chi connectivity index (χ1n) is 6.24. The van der Waals surface area contributed by atoms with Crippen molar-refractivity contribution in [3.05, 3.63) is 35.5 Å². The molecule has 3 N–H and O–H groups in total. The SMILES string of the molecule is COC(=O)c1ccc2c(c1)c(CCNC(C)=O)cn2N. The maximum Gasteiger partial charge on any atom is 0.337 e. The topological polar surface area (TPSA) is 86.3 Å². The number of ether oxygens (including phenoxy) is 1. The van der Waals surface area contributed by atoms with Gasteiger partial charge in [-0.25, -0.2) is 4.79 Å². The molecule has 20 heavy (non-hydrogen) atoms. The molecular weight excluding hydrogens is 258 g/mol. The van der Waals surface area contributed by atoms with E-state index in [0.29, 0.717) is 18.5 Å². The second-order valence-electron chi connectivity index (χ2n) is 4.52. The maximum absolute atomic E-state index is 11.6. The summed E-state index contributed by atoms with van der Waals surface area (Å²) in [7, 11) is 1.35. The van der Waals surface area contributed by atoms with Crippen LogP contribution in [0.2, 0.25) is 0 Å². The minimum absolute atomic E-state index is 0.0725. The van der Waals surface area contributed by atoms with E-state index < -0.39 is 0 Å². The average Bonchev–Trinajstić information content (AvgIpc) is 2.74. The zero-order chi connectivity index (χ0) is 14.7. The molecule has 0 unspecified atom stereocenters. The van der Waals surface area contributed by atoms with Gasteiger partial charge in [0.25, 0.3) is 0 Å². The van der Waals surface area contributed by atoms with Gasteiger partial charge in [-0.2, -0.15) is 0 Å². The monoisotopic (exact) mass is 275 g/mol. The van der Waals surface area contributed by atoms with Crippen LogP contribution in [-0.4, -0.2) is 30.2 Å². The second-order valence-corrected chi connectivity index (χ2v) is 4.52. The summed E-state index contributed by atoms with van der Waals surface area (Å²) < 4.78 is 6.22. The Balaban J connectivity index is 2.33. The van der Waals surface area contributed by atoms with Gasteiger partial charge in [-0.05, 0) is 30.2 Å². The molecule has 6 nitrogen and oxygen atoms in total. The van der Waals surface area contributed by atoms with Gasteiger partial charge in [0.05, 0.1) is 18.2 Å². The van der Waals surface area contributed by atoms with Gasteiger partial charge < -0.3 is 15.9 Å². The first-order chi connectivity index (χ1) is 9.52. The van der Waals surface area contributed by atoms with E-state index in [0.717, 1.165) is 16.5 Å². The molecule has 0 aliphatic carbocycles. The average molecular weight is 275 g/mol. The lowest BCUT2D eigenvalue weighted by Crippen LogP contribution is -2.22. The van der Waals surface area contributed by atoms with Gasteiger partial charge in [-0.15, -0.1) is 0 Å². The van der Waals surface area contributed by atoms with Crippen molar-refractivity contribution in [3.8, 4) is 0 Å². The number of hydrogen-bond acceptors (Lipinski definition) is 4. The summed E-state index contributed by atoms with van der Waals surface area (Å²) in [6.45, 7) is 2.00. The summed E-state index contributed by atoms with van der Waals surface area (Å²) in [5.41, 5.74) is 2.28. The van der Waals surface area contributed by atoms with E-state index in [1.54, 1.807) is 24.4 Å². The van der Waals surface area contributed by atoms with Crippen LogP contribution >= 0.6 is 0 Å². The van der Waals surface area contributed by atoms with E-state index in [-0.39, 0.29) is 11.9 Å². The highest BCUT2D eigenvalue weighted by Crippen LogP contribution is 2.22. The number of nitrogen functional groups attached to an aromatic ring is 1. The standard InChI is InChI=1S/C14H17N3O3/c1-9(18)16-6-5-11-8-17(15)13-4-3-10(7-12(11)13)14(19)20-2/h3-4,7-8H,5-6,15H2,1-2H3,(H,16,18). The molecule has 0 bridgehead atoms. The normalized spacial score (nSPS) is 10.5. The molecule has 0 aliphatic rings. The van der Waals surface area contributed by atoms with E-state index in [4.69, 9.17) is 10.6 Å². The number of amides is 1. The Kier molecular flexibility index (Phi) is 3.93. The Labute approximate surface area is 116 Å². The molecule has 0 saturated heterocycles. The molecule has 0 atom stereocenters. The highest BCUT2D eigenvalue weighted by molar-refractivity contribution is 5.96. The van der Waals surface area contributed by atoms with Gasteiger partial charge in [0.1, 0.15) is 0 Å². The Morgan fingerprint density at radius 2 is 2.15 bits per heavy atom. The van der Waals surface area contributed by atoms with Crippen LogP contribution in [0.4, 0.5) is 0 Å². The first-order valence-corrected chi connectivity index (χ1v) is 6.24. The van der Waals surface area contributed by atoms with Gasteiger partial charge in [-0.1, -0.05) is 0 Å². The highest BCUT2D eigenvalue weighted by Gasteiger charge is 2.11. The fraction of sp³-hybridized carbons (Fsp3) is 0.286. The number of fused-ring (bicyclic) bond motifs is 1. The molecule has 1 aromatic carbocycles. The van der Waals surface area contributed by atoms with E-state index in [1.807, 2.05) is 0 Å². The summed E-state index contributed by atoms with van der Waals surface area (Å²) in [5, 5.41) is 3.63. The number of rotatable bonds is 4. The summed E-state index contributed by atoms with van der Waals surface area (Å²) in [6.07, 6.45) is 2.44. The zero-order valence-corrected chi connectivity index (χ0v) is 11.5. The van der Waals surface area contributed by atoms with E-state index in [2.05, 4.69) is 5.32 Å². The number of carbonyl (C=O) groups excluding carboxylic acids is 2. The lowest BCUT2D eigenvalue weighted by Gasteiger charge is -2.03.